The molecule has 0 radical (unpaired) electrons. The van der Waals surface area contributed by atoms with Crippen molar-refractivity contribution in [3.8, 4) is 0 Å². The van der Waals surface area contributed by atoms with Crippen LogP contribution >= 0.6 is 0 Å². The van der Waals surface area contributed by atoms with Gasteiger partial charge in [0.2, 0.25) is 11.7 Å². The lowest BCUT2D eigenvalue weighted by atomic mass is 9.83. The van der Waals surface area contributed by atoms with E-state index in [9.17, 15) is 14.4 Å². The molecule has 2 fully saturated rings. The Labute approximate surface area is 180 Å². The summed E-state index contributed by atoms with van der Waals surface area (Å²) in [4.78, 5) is 42.4. The highest BCUT2D eigenvalue weighted by Crippen LogP contribution is 2.67. The first kappa shape index (κ1) is 19.6. The van der Waals surface area contributed by atoms with Crippen molar-refractivity contribution in [3.63, 3.8) is 0 Å². The lowest BCUT2D eigenvalue weighted by molar-refractivity contribution is -0.124. The van der Waals surface area contributed by atoms with Crippen LogP contribution in [0.4, 0.5) is 5.69 Å². The molecule has 2 aromatic heterocycles. The predicted molar refractivity (Wildman–Crippen MR) is 117 cm³/mol. The topological polar surface area (TPSA) is 87.2 Å². The number of piperidine rings is 1. The number of allylic oxidation sites excluding steroid dienone is 2. The van der Waals surface area contributed by atoms with Crippen molar-refractivity contribution in [2.24, 2.45) is 13.0 Å². The molecule has 1 saturated carbocycles. The summed E-state index contributed by atoms with van der Waals surface area (Å²) in [7, 11) is 1.87. The molecule has 0 unspecified atom stereocenters. The maximum absolute atomic E-state index is 13.1. The van der Waals surface area contributed by atoms with E-state index in [-0.39, 0.29) is 23.0 Å². The molecule has 0 bridgehead atoms. The Morgan fingerprint density at radius 2 is 2.19 bits per heavy atom. The molecule has 2 aromatic rings. The molecule has 0 aromatic carbocycles. The van der Waals surface area contributed by atoms with Crippen LogP contribution < -0.4 is 5.32 Å². The quantitative estimate of drug-likeness (QED) is 0.731. The summed E-state index contributed by atoms with van der Waals surface area (Å²) in [6.07, 6.45) is 10.9. The van der Waals surface area contributed by atoms with Crippen molar-refractivity contribution in [1.82, 2.24) is 14.5 Å². The lowest BCUT2D eigenvalue weighted by Crippen LogP contribution is -2.32. The Morgan fingerprint density at radius 3 is 2.97 bits per heavy atom. The minimum Gasteiger partial charge on any atom is -0.358 e. The van der Waals surface area contributed by atoms with Gasteiger partial charge in [-0.05, 0) is 49.0 Å². The number of carbonyl (C=O) groups is 3. The van der Waals surface area contributed by atoms with Crippen LogP contribution in [0.2, 0.25) is 0 Å². The second-order valence-electron chi connectivity index (χ2n) is 8.83. The average Bonchev–Trinajstić information content (AvgIpc) is 2.98. The number of likely N-dealkylation sites (tertiary alicyclic amines) is 1. The van der Waals surface area contributed by atoms with Gasteiger partial charge in [0.25, 0.3) is 5.91 Å². The predicted octanol–water partition coefficient (Wildman–Crippen LogP) is 3.29. The van der Waals surface area contributed by atoms with Crippen molar-refractivity contribution >= 4 is 29.4 Å². The Morgan fingerprint density at radius 1 is 1.39 bits per heavy atom. The summed E-state index contributed by atoms with van der Waals surface area (Å²) in [5.41, 5.74) is 5.03. The Bertz CT molecular complexity index is 1180. The van der Waals surface area contributed by atoms with Crippen molar-refractivity contribution in [3.05, 3.63) is 58.8 Å². The van der Waals surface area contributed by atoms with E-state index >= 15 is 0 Å². The van der Waals surface area contributed by atoms with Crippen LogP contribution in [0.3, 0.4) is 0 Å². The largest absolute Gasteiger partial charge is 0.358 e. The minimum absolute atomic E-state index is 0.0189. The molecule has 3 aliphatic rings. The lowest BCUT2D eigenvalue weighted by Gasteiger charge is -2.27. The molecular weight excluding hydrogens is 392 g/mol. The van der Waals surface area contributed by atoms with E-state index in [1.165, 1.54) is 0 Å². The molecule has 5 rings (SSSR count). The molecular formula is C24H26N4O3. The highest BCUT2D eigenvalue weighted by Gasteiger charge is 2.67. The number of nitrogens with zero attached hydrogens (tertiary/aromatic N) is 2. The van der Waals surface area contributed by atoms with Gasteiger partial charge in [-0.25, -0.2) is 0 Å². The van der Waals surface area contributed by atoms with Crippen molar-refractivity contribution in [2.45, 2.75) is 38.5 Å². The normalized spacial score (nSPS) is 23.5. The number of carbonyl (C=O) groups excluding carboxylic acids is 3. The summed E-state index contributed by atoms with van der Waals surface area (Å²) in [6, 6.07) is 1.85. The van der Waals surface area contributed by atoms with E-state index in [4.69, 9.17) is 0 Å². The zero-order valence-corrected chi connectivity index (χ0v) is 18.0. The van der Waals surface area contributed by atoms with Crippen molar-refractivity contribution in [2.75, 3.05) is 11.9 Å². The Kier molecular flexibility index (Phi) is 4.32. The molecule has 1 saturated heterocycles. The van der Waals surface area contributed by atoms with Gasteiger partial charge in [-0.2, -0.15) is 0 Å². The molecule has 7 heteroatoms. The average molecular weight is 418 g/mol. The van der Waals surface area contributed by atoms with E-state index in [1.54, 1.807) is 23.1 Å². The third-order valence-electron chi connectivity index (χ3n) is 6.76. The van der Waals surface area contributed by atoms with E-state index in [2.05, 4.69) is 10.3 Å². The fraction of sp³-hybridized carbons (Fsp3) is 0.375. The molecule has 31 heavy (non-hydrogen) atoms. The summed E-state index contributed by atoms with van der Waals surface area (Å²) in [5, 5.41) is 2.87. The number of rotatable bonds is 5. The second-order valence-corrected chi connectivity index (χ2v) is 8.83. The smallest absolute Gasteiger partial charge is 0.250 e. The van der Waals surface area contributed by atoms with Gasteiger partial charge in [-0.15, -0.1) is 0 Å². The third-order valence-corrected chi connectivity index (χ3v) is 6.76. The zero-order chi connectivity index (χ0) is 21.9. The summed E-state index contributed by atoms with van der Waals surface area (Å²) >= 11 is 0. The van der Waals surface area contributed by atoms with Gasteiger partial charge in [-0.1, -0.05) is 6.92 Å². The number of aryl methyl sites for hydroxylation is 2. The van der Waals surface area contributed by atoms with Gasteiger partial charge >= 0.3 is 0 Å². The first-order chi connectivity index (χ1) is 14.8. The SMILES string of the molecule is CCCC(=O)Nc1cc(C=CC(=O)N2C[C@H]3C[C@@]34C2=CC(=O)c2[nH]cc(C)c24)n(C)c1. The fourth-order valence-corrected chi connectivity index (χ4v) is 5.27. The first-order valence-electron chi connectivity index (χ1n) is 10.8. The second kappa shape index (κ2) is 6.83. The van der Waals surface area contributed by atoms with Crippen LogP contribution in [-0.2, 0) is 22.1 Å². The van der Waals surface area contributed by atoms with Crippen LogP contribution in [0.25, 0.3) is 6.08 Å². The highest BCUT2D eigenvalue weighted by atomic mass is 16.2. The highest BCUT2D eigenvalue weighted by molar-refractivity contribution is 6.09. The number of aromatic nitrogens is 2. The monoisotopic (exact) mass is 418 g/mol. The van der Waals surface area contributed by atoms with E-state index in [0.29, 0.717) is 30.3 Å². The number of nitrogens with one attached hydrogen (secondary N) is 2. The molecule has 3 heterocycles. The van der Waals surface area contributed by atoms with Gasteiger partial charge in [0, 0.05) is 61.4 Å². The number of hydrogen-bond acceptors (Lipinski definition) is 3. The van der Waals surface area contributed by atoms with Crippen LogP contribution in [-0.4, -0.2) is 38.6 Å². The number of ketones is 1. The summed E-state index contributed by atoms with van der Waals surface area (Å²) in [5.74, 6) is 0.162. The molecule has 7 nitrogen and oxygen atoms in total. The summed E-state index contributed by atoms with van der Waals surface area (Å²) < 4.78 is 1.87. The van der Waals surface area contributed by atoms with Crippen LogP contribution in [0, 0.1) is 12.8 Å². The van der Waals surface area contributed by atoms with Crippen molar-refractivity contribution in [1.29, 1.82) is 0 Å². The molecule has 2 amide bonds. The Balaban J connectivity index is 1.35. The summed E-state index contributed by atoms with van der Waals surface area (Å²) in [6.45, 7) is 4.62. The molecule has 2 atom stereocenters. The van der Waals surface area contributed by atoms with E-state index in [1.807, 2.05) is 43.9 Å². The van der Waals surface area contributed by atoms with Crippen LogP contribution in [0.1, 0.15) is 53.5 Å². The minimum atomic E-state index is -0.182. The van der Waals surface area contributed by atoms with Gasteiger partial charge in [-0.3, -0.25) is 14.4 Å². The number of fused-ring (bicyclic) bond motifs is 1. The molecule has 160 valence electrons. The van der Waals surface area contributed by atoms with Crippen LogP contribution in [0.5, 0.6) is 0 Å². The molecule has 2 aliphatic carbocycles. The van der Waals surface area contributed by atoms with E-state index < -0.39 is 0 Å². The van der Waals surface area contributed by atoms with Gasteiger partial charge in [0.05, 0.1) is 11.4 Å². The molecule has 1 spiro atoms. The number of anilines is 1. The standard InChI is InChI=1S/C24H26N4O3/c1-4-5-20(30)26-16-8-17(27(3)13-16)6-7-21(31)28-12-15-10-24(15)19(28)9-18(29)23-22(24)14(2)11-25-23/h6-9,11,13,15,25H,4-5,10,12H2,1-3H3,(H,26,30)/t15-,24+/m1/s1. The van der Waals surface area contributed by atoms with Gasteiger partial charge < -0.3 is 19.8 Å². The Hall–Kier alpha value is -3.35. The number of hydrogen-bond donors (Lipinski definition) is 2. The van der Waals surface area contributed by atoms with Gasteiger partial charge in [0.15, 0.2) is 0 Å². The molecule has 1 aliphatic heterocycles. The first-order valence-corrected chi connectivity index (χ1v) is 10.8. The number of H-pyrrole nitrogens is 1. The van der Waals surface area contributed by atoms with Crippen molar-refractivity contribution < 1.29 is 14.4 Å². The zero-order valence-electron chi connectivity index (χ0n) is 18.0. The third kappa shape index (κ3) is 2.91. The van der Waals surface area contributed by atoms with Gasteiger partial charge in [0.1, 0.15) is 0 Å². The maximum Gasteiger partial charge on any atom is 0.250 e. The van der Waals surface area contributed by atoms with E-state index in [0.717, 1.165) is 35.4 Å². The number of amides is 2. The van der Waals surface area contributed by atoms with Crippen LogP contribution in [0.15, 0.2) is 36.3 Å². The number of aromatic amines is 1. The fourth-order valence-electron chi connectivity index (χ4n) is 5.27. The molecule has 2 N–H and O–H groups in total. The maximum atomic E-state index is 13.1.